The van der Waals surface area contributed by atoms with Crippen LogP contribution in [0.2, 0.25) is 0 Å². The van der Waals surface area contributed by atoms with E-state index in [2.05, 4.69) is 17.1 Å². The Labute approximate surface area is 94.4 Å². The van der Waals surface area contributed by atoms with Crippen molar-refractivity contribution in [3.63, 3.8) is 0 Å². The Balaban J connectivity index is 1.57. The second-order valence-corrected chi connectivity index (χ2v) is 5.32. The lowest BCUT2D eigenvalue weighted by atomic mass is 9.95. The van der Waals surface area contributed by atoms with Gasteiger partial charge < -0.3 is 5.32 Å². The monoisotopic (exact) mass is 210 g/mol. The van der Waals surface area contributed by atoms with Crippen LogP contribution in [0.1, 0.15) is 51.9 Å². The lowest BCUT2D eigenvalue weighted by Crippen LogP contribution is -2.39. The maximum Gasteiger partial charge on any atom is 0.0110 e. The summed E-state index contributed by atoms with van der Waals surface area (Å²) in [7, 11) is 0. The van der Waals surface area contributed by atoms with Crippen molar-refractivity contribution < 1.29 is 0 Å². The summed E-state index contributed by atoms with van der Waals surface area (Å²) in [5.74, 6) is 0. The van der Waals surface area contributed by atoms with E-state index in [-0.39, 0.29) is 0 Å². The molecule has 0 aromatic heterocycles. The highest BCUT2D eigenvalue weighted by Gasteiger charge is 2.19. The Morgan fingerprint density at radius 3 is 2.53 bits per heavy atom. The molecule has 88 valence electrons. The zero-order valence-corrected chi connectivity index (χ0v) is 10.2. The Bertz CT molecular complexity index is 175. The predicted octanol–water partition coefficient (Wildman–Crippen LogP) is 2.39. The molecule has 1 aliphatic carbocycles. The van der Waals surface area contributed by atoms with Gasteiger partial charge in [-0.05, 0) is 39.2 Å². The second kappa shape index (κ2) is 5.86. The van der Waals surface area contributed by atoms with Crippen LogP contribution in [0.25, 0.3) is 0 Å². The summed E-state index contributed by atoms with van der Waals surface area (Å²) in [6, 6.07) is 1.66. The number of hydrogen-bond acceptors (Lipinski definition) is 2. The van der Waals surface area contributed by atoms with Crippen molar-refractivity contribution in [2.75, 3.05) is 19.6 Å². The first kappa shape index (κ1) is 11.4. The van der Waals surface area contributed by atoms with E-state index < -0.39 is 0 Å². The SMILES string of the molecule is CC1CCCN1CCNC1CCCCC1. The van der Waals surface area contributed by atoms with E-state index in [1.165, 1.54) is 64.6 Å². The third kappa shape index (κ3) is 3.46. The van der Waals surface area contributed by atoms with Crippen molar-refractivity contribution in [3.05, 3.63) is 0 Å². The molecule has 1 saturated carbocycles. The Morgan fingerprint density at radius 2 is 1.87 bits per heavy atom. The standard InChI is InChI=1S/C13H26N2/c1-12-6-5-10-15(12)11-9-14-13-7-3-2-4-8-13/h12-14H,2-11H2,1H3. The highest BCUT2D eigenvalue weighted by atomic mass is 15.2. The number of likely N-dealkylation sites (tertiary alicyclic amines) is 1. The van der Waals surface area contributed by atoms with E-state index >= 15 is 0 Å². The summed E-state index contributed by atoms with van der Waals surface area (Å²) in [5.41, 5.74) is 0. The van der Waals surface area contributed by atoms with E-state index in [1.807, 2.05) is 0 Å². The van der Waals surface area contributed by atoms with Gasteiger partial charge in [0.2, 0.25) is 0 Å². The molecule has 1 N–H and O–H groups in total. The van der Waals surface area contributed by atoms with Crippen LogP contribution >= 0.6 is 0 Å². The van der Waals surface area contributed by atoms with E-state index in [4.69, 9.17) is 0 Å². The van der Waals surface area contributed by atoms with Gasteiger partial charge in [0.25, 0.3) is 0 Å². The molecular formula is C13H26N2. The fourth-order valence-corrected chi connectivity index (χ4v) is 3.04. The quantitative estimate of drug-likeness (QED) is 0.766. The fourth-order valence-electron chi connectivity index (χ4n) is 3.04. The van der Waals surface area contributed by atoms with E-state index in [1.54, 1.807) is 0 Å². The smallest absolute Gasteiger partial charge is 0.0110 e. The predicted molar refractivity (Wildman–Crippen MR) is 65.1 cm³/mol. The van der Waals surface area contributed by atoms with Gasteiger partial charge in [0.05, 0.1) is 0 Å². The minimum atomic E-state index is 0.830. The van der Waals surface area contributed by atoms with Crippen LogP contribution in [0.3, 0.4) is 0 Å². The molecule has 0 spiro atoms. The molecule has 2 aliphatic rings. The number of rotatable bonds is 4. The summed E-state index contributed by atoms with van der Waals surface area (Å²) in [6.07, 6.45) is 9.98. The van der Waals surface area contributed by atoms with E-state index in [0.717, 1.165) is 12.1 Å². The average Bonchev–Trinajstić information content (AvgIpc) is 2.66. The minimum absolute atomic E-state index is 0.830. The zero-order valence-electron chi connectivity index (χ0n) is 10.2. The molecular weight excluding hydrogens is 184 g/mol. The van der Waals surface area contributed by atoms with Gasteiger partial charge in [0.1, 0.15) is 0 Å². The summed E-state index contributed by atoms with van der Waals surface area (Å²) >= 11 is 0. The summed E-state index contributed by atoms with van der Waals surface area (Å²) < 4.78 is 0. The number of nitrogens with one attached hydrogen (secondary N) is 1. The molecule has 2 nitrogen and oxygen atoms in total. The largest absolute Gasteiger partial charge is 0.313 e. The molecule has 0 aromatic rings. The Morgan fingerprint density at radius 1 is 1.07 bits per heavy atom. The molecule has 1 heterocycles. The van der Waals surface area contributed by atoms with Crippen LogP contribution < -0.4 is 5.32 Å². The fraction of sp³-hybridized carbons (Fsp3) is 1.00. The molecule has 0 bridgehead atoms. The van der Waals surface area contributed by atoms with Gasteiger partial charge in [-0.3, -0.25) is 4.90 Å². The summed E-state index contributed by atoms with van der Waals surface area (Å²) in [6.45, 7) is 6.16. The molecule has 1 atom stereocenters. The molecule has 0 aromatic carbocycles. The third-order valence-corrected chi connectivity index (χ3v) is 4.13. The Kier molecular flexibility index (Phi) is 4.45. The molecule has 2 fully saturated rings. The van der Waals surface area contributed by atoms with E-state index in [0.29, 0.717) is 0 Å². The van der Waals surface area contributed by atoms with Gasteiger partial charge in [-0.1, -0.05) is 19.3 Å². The van der Waals surface area contributed by atoms with Gasteiger partial charge in [-0.2, -0.15) is 0 Å². The third-order valence-electron chi connectivity index (χ3n) is 4.13. The topological polar surface area (TPSA) is 15.3 Å². The van der Waals surface area contributed by atoms with Crippen LogP contribution in [0, 0.1) is 0 Å². The molecule has 1 unspecified atom stereocenters. The first-order chi connectivity index (χ1) is 7.36. The molecule has 15 heavy (non-hydrogen) atoms. The minimum Gasteiger partial charge on any atom is -0.313 e. The van der Waals surface area contributed by atoms with E-state index in [9.17, 15) is 0 Å². The lowest BCUT2D eigenvalue weighted by molar-refractivity contribution is 0.257. The van der Waals surface area contributed by atoms with Crippen LogP contribution in [-0.2, 0) is 0 Å². The maximum atomic E-state index is 3.73. The normalized spacial score (nSPS) is 29.8. The second-order valence-electron chi connectivity index (χ2n) is 5.32. The average molecular weight is 210 g/mol. The first-order valence-electron chi connectivity index (χ1n) is 6.83. The highest BCUT2D eigenvalue weighted by molar-refractivity contribution is 4.77. The van der Waals surface area contributed by atoms with Gasteiger partial charge >= 0.3 is 0 Å². The number of hydrogen-bond donors (Lipinski definition) is 1. The first-order valence-corrected chi connectivity index (χ1v) is 6.83. The van der Waals surface area contributed by atoms with Crippen molar-refractivity contribution in [3.8, 4) is 0 Å². The lowest BCUT2D eigenvalue weighted by Gasteiger charge is -2.26. The van der Waals surface area contributed by atoms with Crippen LogP contribution in [0.4, 0.5) is 0 Å². The molecule has 0 amide bonds. The molecule has 2 heteroatoms. The Hall–Kier alpha value is -0.0800. The number of nitrogens with zero attached hydrogens (tertiary/aromatic N) is 1. The van der Waals surface area contributed by atoms with Crippen LogP contribution in [-0.4, -0.2) is 36.6 Å². The summed E-state index contributed by atoms with van der Waals surface area (Å²) in [5, 5.41) is 3.73. The molecule has 0 radical (unpaired) electrons. The summed E-state index contributed by atoms with van der Waals surface area (Å²) in [4.78, 5) is 2.63. The van der Waals surface area contributed by atoms with Crippen molar-refractivity contribution in [2.24, 2.45) is 0 Å². The van der Waals surface area contributed by atoms with Gasteiger partial charge in [-0.25, -0.2) is 0 Å². The highest BCUT2D eigenvalue weighted by Crippen LogP contribution is 2.18. The van der Waals surface area contributed by atoms with Crippen molar-refractivity contribution >= 4 is 0 Å². The molecule has 1 aliphatic heterocycles. The van der Waals surface area contributed by atoms with Crippen molar-refractivity contribution in [1.82, 2.24) is 10.2 Å². The van der Waals surface area contributed by atoms with Crippen LogP contribution in [0.15, 0.2) is 0 Å². The molecule has 1 saturated heterocycles. The van der Waals surface area contributed by atoms with Gasteiger partial charge in [0, 0.05) is 25.2 Å². The molecule has 2 rings (SSSR count). The zero-order chi connectivity index (χ0) is 10.5. The van der Waals surface area contributed by atoms with Gasteiger partial charge in [-0.15, -0.1) is 0 Å². The van der Waals surface area contributed by atoms with Gasteiger partial charge in [0.15, 0.2) is 0 Å². The maximum absolute atomic E-state index is 3.73. The van der Waals surface area contributed by atoms with Crippen LogP contribution in [0.5, 0.6) is 0 Å². The van der Waals surface area contributed by atoms with Crippen molar-refractivity contribution in [1.29, 1.82) is 0 Å². The van der Waals surface area contributed by atoms with Crippen molar-refractivity contribution in [2.45, 2.75) is 64.0 Å².